The van der Waals surface area contributed by atoms with Gasteiger partial charge in [-0.1, -0.05) is 68.1 Å². The van der Waals surface area contributed by atoms with E-state index in [-0.39, 0.29) is 12.2 Å². The van der Waals surface area contributed by atoms with E-state index in [1.165, 1.54) is 19.6 Å². The maximum atomic E-state index is 11.3. The maximum Gasteiger partial charge on any atom is 0.266 e. The summed E-state index contributed by atoms with van der Waals surface area (Å²) in [5.74, 6) is -0.688. The Hall–Kier alpha value is -2.26. The largest absolute Gasteiger partial charge is 0.748 e. The van der Waals surface area contributed by atoms with Gasteiger partial charge in [-0.25, -0.2) is 8.42 Å². The first-order chi connectivity index (χ1) is 20.9. The van der Waals surface area contributed by atoms with E-state index in [0.29, 0.717) is 19.5 Å². The molecule has 0 amide bonds. The fraction of sp³-hybridized carbons (Fsp3) is 0.452. The molecule has 0 saturated heterocycles. The smallest absolute Gasteiger partial charge is 0.266 e. The molecule has 5 rings (SSSR count). The van der Waals surface area contributed by atoms with E-state index in [9.17, 15) is 25.9 Å². The van der Waals surface area contributed by atoms with Crippen molar-refractivity contribution in [3.05, 3.63) is 70.2 Å². The molecular weight excluding hydrogens is 639 g/mol. The van der Waals surface area contributed by atoms with Crippen molar-refractivity contribution >= 4 is 64.8 Å². The highest BCUT2D eigenvalue weighted by atomic mass is 32.2. The lowest BCUT2D eigenvalue weighted by atomic mass is 10.2. The van der Waals surface area contributed by atoms with Crippen LogP contribution in [0.15, 0.2) is 70.1 Å². The third kappa shape index (κ3) is 9.15. The third-order valence-electron chi connectivity index (χ3n) is 7.68. The van der Waals surface area contributed by atoms with E-state index in [0.717, 1.165) is 54.8 Å². The number of para-hydroxylation sites is 2. The second-order valence-corrected chi connectivity index (χ2v) is 15.8. The zero-order valence-electron chi connectivity index (χ0n) is 25.4. The monoisotopic (exact) mass is 679 g/mol. The maximum absolute atomic E-state index is 11.3. The molecule has 2 heterocycles. The molecular formula is C31H41N3O6S4. The SMILES string of the molecule is CCN(CC)CC.O=S(=O)([O-])CCC[n+]1c(C2=CC(=C3Sc4ccccc4N3CCCS(=O)(=O)O)CC2)sc2ccccc21. The minimum Gasteiger partial charge on any atom is -0.748 e. The average Bonchev–Trinajstić information content (AvgIpc) is 3.69. The molecule has 2 aliphatic rings. The van der Waals surface area contributed by atoms with Crippen molar-refractivity contribution in [2.75, 3.05) is 42.6 Å². The van der Waals surface area contributed by atoms with E-state index in [1.54, 1.807) is 23.1 Å². The molecule has 0 unspecified atom stereocenters. The van der Waals surface area contributed by atoms with Crippen LogP contribution in [0.1, 0.15) is 51.5 Å². The third-order valence-corrected chi connectivity index (χ3v) is 11.8. The number of fused-ring (bicyclic) bond motifs is 2. The lowest BCUT2D eigenvalue weighted by Gasteiger charge is -2.21. The van der Waals surface area contributed by atoms with Gasteiger partial charge >= 0.3 is 0 Å². The van der Waals surface area contributed by atoms with Gasteiger partial charge in [0.2, 0.25) is 5.52 Å². The van der Waals surface area contributed by atoms with Crippen LogP contribution in [0.3, 0.4) is 0 Å². The number of aromatic nitrogens is 1. The van der Waals surface area contributed by atoms with E-state index in [2.05, 4.69) is 41.2 Å². The minimum atomic E-state index is -4.28. The number of hydrogen-bond donors (Lipinski definition) is 1. The molecule has 240 valence electrons. The number of allylic oxidation sites excluding steroid dienone is 3. The second-order valence-electron chi connectivity index (χ2n) is 10.6. The highest BCUT2D eigenvalue weighted by molar-refractivity contribution is 8.03. The molecule has 0 fully saturated rings. The molecule has 0 radical (unpaired) electrons. The predicted octanol–water partition coefficient (Wildman–Crippen LogP) is 5.75. The number of benzene rings is 2. The van der Waals surface area contributed by atoms with Gasteiger partial charge in [-0.2, -0.15) is 13.0 Å². The van der Waals surface area contributed by atoms with Crippen molar-refractivity contribution in [1.82, 2.24) is 4.90 Å². The zero-order chi connectivity index (χ0) is 31.9. The number of hydrogen-bond acceptors (Lipinski definition) is 9. The molecule has 1 aromatic heterocycles. The van der Waals surface area contributed by atoms with Crippen molar-refractivity contribution in [2.24, 2.45) is 0 Å². The van der Waals surface area contributed by atoms with Crippen molar-refractivity contribution in [2.45, 2.75) is 57.9 Å². The van der Waals surface area contributed by atoms with Crippen molar-refractivity contribution < 1.29 is 30.5 Å². The average molecular weight is 680 g/mol. The quantitative estimate of drug-likeness (QED) is 0.188. The van der Waals surface area contributed by atoms with Crippen LogP contribution in [-0.2, 0) is 26.8 Å². The Morgan fingerprint density at radius 1 is 0.932 bits per heavy atom. The molecule has 0 bridgehead atoms. The zero-order valence-corrected chi connectivity index (χ0v) is 28.7. The number of aryl methyl sites for hydroxylation is 1. The van der Waals surface area contributed by atoms with Crippen LogP contribution < -0.4 is 9.47 Å². The molecule has 3 aromatic rings. The first-order valence-corrected chi connectivity index (χ1v) is 19.8. The summed E-state index contributed by atoms with van der Waals surface area (Å²) < 4.78 is 68.5. The van der Waals surface area contributed by atoms with E-state index >= 15 is 0 Å². The van der Waals surface area contributed by atoms with Crippen LogP contribution in [0.2, 0.25) is 0 Å². The van der Waals surface area contributed by atoms with E-state index in [4.69, 9.17) is 0 Å². The van der Waals surface area contributed by atoms with Crippen molar-refractivity contribution in [1.29, 1.82) is 0 Å². The Balaban J connectivity index is 0.000000566. The summed E-state index contributed by atoms with van der Waals surface area (Å²) in [6.45, 7) is 11.0. The van der Waals surface area contributed by atoms with Gasteiger partial charge in [-0.3, -0.25) is 4.55 Å². The number of anilines is 1. The highest BCUT2D eigenvalue weighted by Crippen LogP contribution is 2.49. The molecule has 13 heteroatoms. The Labute approximate surface area is 269 Å². The molecule has 2 aromatic carbocycles. The lowest BCUT2D eigenvalue weighted by molar-refractivity contribution is -0.669. The van der Waals surface area contributed by atoms with Crippen LogP contribution in [-0.4, -0.2) is 68.5 Å². The molecule has 0 atom stereocenters. The summed E-state index contributed by atoms with van der Waals surface area (Å²) in [5.41, 5.74) is 4.36. The molecule has 9 nitrogen and oxygen atoms in total. The number of nitrogens with zero attached hydrogens (tertiary/aromatic N) is 3. The summed E-state index contributed by atoms with van der Waals surface area (Å²) in [5, 5.41) is 2.12. The van der Waals surface area contributed by atoms with E-state index < -0.39 is 26.0 Å². The van der Waals surface area contributed by atoms with Gasteiger partial charge in [0.1, 0.15) is 4.70 Å². The first-order valence-electron chi connectivity index (χ1n) is 14.9. The molecule has 0 saturated carbocycles. The van der Waals surface area contributed by atoms with Gasteiger partial charge in [-0.05, 0) is 68.7 Å². The number of thioether (sulfide) groups is 1. The van der Waals surface area contributed by atoms with Crippen molar-refractivity contribution in [3.63, 3.8) is 0 Å². The molecule has 1 aliphatic heterocycles. The first kappa shape index (κ1) is 34.6. The van der Waals surface area contributed by atoms with Gasteiger partial charge in [0.05, 0.1) is 26.6 Å². The van der Waals surface area contributed by atoms with Crippen LogP contribution >= 0.6 is 23.1 Å². The summed E-state index contributed by atoms with van der Waals surface area (Å²) in [6, 6.07) is 16.0. The Morgan fingerprint density at radius 3 is 2.27 bits per heavy atom. The molecule has 0 spiro atoms. The normalized spacial score (nSPS) is 16.8. The summed E-state index contributed by atoms with van der Waals surface area (Å²) in [6.07, 6.45) is 4.39. The van der Waals surface area contributed by atoms with Crippen LogP contribution in [0.4, 0.5) is 5.69 Å². The van der Waals surface area contributed by atoms with Gasteiger partial charge in [0.25, 0.3) is 15.1 Å². The van der Waals surface area contributed by atoms with Crippen LogP contribution in [0, 0.1) is 0 Å². The number of thiazole rings is 1. The summed E-state index contributed by atoms with van der Waals surface area (Å²) >= 11 is 3.32. The topological polar surface area (TPSA) is 122 Å². The van der Waals surface area contributed by atoms with Gasteiger partial charge in [0, 0.05) is 35.3 Å². The van der Waals surface area contributed by atoms with Crippen LogP contribution in [0.25, 0.3) is 15.8 Å². The van der Waals surface area contributed by atoms with Gasteiger partial charge in [0.15, 0.2) is 6.54 Å². The summed E-state index contributed by atoms with van der Waals surface area (Å²) in [4.78, 5) is 5.62. The van der Waals surface area contributed by atoms with Crippen LogP contribution in [0.5, 0.6) is 0 Å². The minimum absolute atomic E-state index is 0.248. The van der Waals surface area contributed by atoms with Crippen molar-refractivity contribution in [3.8, 4) is 0 Å². The Bertz CT molecular complexity index is 1720. The summed E-state index contributed by atoms with van der Waals surface area (Å²) in [7, 11) is -8.30. The standard InChI is InChI=1S/C25H26N2O6S4.C6H15N/c28-36(29,30)15-5-13-26-20-7-1-3-9-22(20)34-24(26)18-11-12-19(17-18)25-27(14-6-16-37(31,32)33)21-8-2-4-10-23(21)35-25;1-4-7(5-2)6-3/h1-4,7-10,17H,5-6,11-16H2,(H-,28,29,30,31,32,33);4-6H2,1-3H3. The van der Waals surface area contributed by atoms with Gasteiger partial charge in [-0.15, -0.1) is 0 Å². The fourth-order valence-corrected chi connectivity index (χ4v) is 8.86. The fourth-order valence-electron chi connectivity index (χ4n) is 5.43. The van der Waals surface area contributed by atoms with E-state index in [1.807, 2.05) is 48.5 Å². The molecule has 44 heavy (non-hydrogen) atoms. The molecule has 1 N–H and O–H groups in total. The number of rotatable bonds is 12. The highest BCUT2D eigenvalue weighted by Gasteiger charge is 2.31. The lowest BCUT2D eigenvalue weighted by Crippen LogP contribution is -2.36. The molecule has 1 aliphatic carbocycles. The predicted molar refractivity (Wildman–Crippen MR) is 180 cm³/mol. The Morgan fingerprint density at radius 2 is 1.61 bits per heavy atom. The Kier molecular flexibility index (Phi) is 12.1. The second kappa shape index (κ2) is 15.4. The van der Waals surface area contributed by atoms with Gasteiger partial charge < -0.3 is 14.4 Å².